The lowest BCUT2D eigenvalue weighted by molar-refractivity contribution is -0.137. The highest BCUT2D eigenvalue weighted by Crippen LogP contribution is 2.52. The van der Waals surface area contributed by atoms with Crippen LogP contribution in [0.1, 0.15) is 43.2 Å². The van der Waals surface area contributed by atoms with Crippen molar-refractivity contribution in [1.29, 1.82) is 0 Å². The van der Waals surface area contributed by atoms with Gasteiger partial charge in [0.05, 0.1) is 4.53 Å². The van der Waals surface area contributed by atoms with Crippen molar-refractivity contribution in [2.24, 2.45) is 0 Å². The second-order valence-electron chi connectivity index (χ2n) is 9.94. The summed E-state index contributed by atoms with van der Waals surface area (Å²) in [6.07, 6.45) is 7.33. The van der Waals surface area contributed by atoms with Crippen LogP contribution in [0, 0.1) is 0 Å². The quantitative estimate of drug-likeness (QED) is 0.327. The van der Waals surface area contributed by atoms with Crippen molar-refractivity contribution in [1.82, 2.24) is 9.47 Å². The molecule has 1 saturated heterocycles. The van der Waals surface area contributed by atoms with Crippen LogP contribution in [-0.2, 0) is 16.1 Å². The van der Waals surface area contributed by atoms with Gasteiger partial charge in [0, 0.05) is 34.8 Å². The first-order valence-electron chi connectivity index (χ1n) is 13.1. The van der Waals surface area contributed by atoms with E-state index in [4.69, 9.17) is 12.2 Å². The lowest BCUT2D eigenvalue weighted by atomic mass is 9.96. The topological polar surface area (TPSA) is 82.9 Å². The second kappa shape index (κ2) is 10.8. The van der Waals surface area contributed by atoms with E-state index in [1.54, 1.807) is 11.8 Å². The third-order valence-corrected chi connectivity index (χ3v) is 11.2. The molecule has 11 heteroatoms. The van der Waals surface area contributed by atoms with E-state index in [1.807, 2.05) is 19.1 Å². The average molecular weight is 610 g/mol. The molecule has 6 rings (SSSR count). The fourth-order valence-electron chi connectivity index (χ4n) is 5.96. The summed E-state index contributed by atoms with van der Waals surface area (Å²) >= 11 is 9.34. The maximum atomic E-state index is 13.4. The number of hydrogen-bond donors (Lipinski definition) is 1. The summed E-state index contributed by atoms with van der Waals surface area (Å²) in [5.41, 5.74) is 4.15. The molecule has 206 valence electrons. The Kier molecular flexibility index (Phi) is 7.41. The van der Waals surface area contributed by atoms with Crippen LogP contribution in [0.4, 0.5) is 11.4 Å². The molecule has 2 aliphatic heterocycles. The number of amides is 1. The van der Waals surface area contributed by atoms with Gasteiger partial charge < -0.3 is 10.0 Å². The molecule has 1 aliphatic carbocycles. The number of carbonyl (C=O) groups excluding carboxylic acids is 1. The molecule has 0 bridgehead atoms. The van der Waals surface area contributed by atoms with Crippen molar-refractivity contribution >= 4 is 85.6 Å². The molecule has 0 radical (unpaired) electrons. The smallest absolute Gasteiger partial charge is 0.323 e. The minimum absolute atomic E-state index is 0.292. The Bertz CT molecular complexity index is 1730. The first-order chi connectivity index (χ1) is 19.3. The highest BCUT2D eigenvalue weighted by atomic mass is 32.2. The van der Waals surface area contributed by atoms with Gasteiger partial charge in [-0.2, -0.15) is 0 Å². The van der Waals surface area contributed by atoms with Crippen molar-refractivity contribution in [3.63, 3.8) is 0 Å². The third kappa shape index (κ3) is 4.62. The Morgan fingerprint density at radius 1 is 1.18 bits per heavy atom. The van der Waals surface area contributed by atoms with E-state index < -0.39 is 18.1 Å². The largest absolute Gasteiger partial charge is 0.480 e. The summed E-state index contributed by atoms with van der Waals surface area (Å²) in [5, 5.41) is 9.51. The van der Waals surface area contributed by atoms with Gasteiger partial charge >= 0.3 is 5.97 Å². The number of carboxylic acids is 1. The molecular formula is C29H27N3O4S4. The van der Waals surface area contributed by atoms with Crippen LogP contribution in [0.25, 0.3) is 11.0 Å². The highest BCUT2D eigenvalue weighted by Gasteiger charge is 2.42. The molecule has 2 fully saturated rings. The summed E-state index contributed by atoms with van der Waals surface area (Å²) < 4.78 is 2.32. The number of thiazole rings is 1. The summed E-state index contributed by atoms with van der Waals surface area (Å²) in [6, 6.07) is 15.5. The van der Waals surface area contributed by atoms with E-state index in [-0.39, 0.29) is 5.91 Å². The number of fused-ring (bicyclic) bond motifs is 3. The first-order valence-corrected chi connectivity index (χ1v) is 16.4. The zero-order chi connectivity index (χ0) is 28.1. The van der Waals surface area contributed by atoms with Crippen LogP contribution in [-0.4, -0.2) is 49.6 Å². The minimum Gasteiger partial charge on any atom is -0.480 e. The second-order valence-corrected chi connectivity index (χ2v) is 13.5. The number of anilines is 2. The van der Waals surface area contributed by atoms with Crippen molar-refractivity contribution in [2.75, 3.05) is 17.7 Å². The number of thioether (sulfide) groups is 2. The molecule has 3 heterocycles. The van der Waals surface area contributed by atoms with Gasteiger partial charge in [-0.1, -0.05) is 36.5 Å². The zero-order valence-electron chi connectivity index (χ0n) is 22.0. The predicted molar refractivity (Wildman–Crippen MR) is 167 cm³/mol. The summed E-state index contributed by atoms with van der Waals surface area (Å²) in [7, 11) is 0. The normalized spacial score (nSPS) is 21.9. The van der Waals surface area contributed by atoms with Crippen LogP contribution in [0.3, 0.4) is 0 Å². The Morgan fingerprint density at radius 3 is 2.62 bits per heavy atom. The third-order valence-electron chi connectivity index (χ3n) is 7.73. The lowest BCUT2D eigenvalue weighted by Crippen LogP contribution is -2.35. The molecule has 40 heavy (non-hydrogen) atoms. The van der Waals surface area contributed by atoms with Crippen LogP contribution in [0.15, 0.2) is 52.2 Å². The molecule has 3 aliphatic rings. The summed E-state index contributed by atoms with van der Waals surface area (Å²) in [6.45, 7) is 1.72. The Balaban J connectivity index is 1.45. The lowest BCUT2D eigenvalue weighted by Gasteiger charge is -2.27. The Morgan fingerprint density at radius 2 is 1.95 bits per heavy atom. The molecular weight excluding hydrogens is 583 g/mol. The molecule has 0 spiro atoms. The number of nitrogens with zero attached hydrogens (tertiary/aromatic N) is 3. The van der Waals surface area contributed by atoms with E-state index in [0.717, 1.165) is 41.5 Å². The number of hydrogen-bond acceptors (Lipinski definition) is 8. The van der Waals surface area contributed by atoms with E-state index in [0.29, 0.717) is 36.9 Å². The standard InChI is InChI=1S/C29H27N3O4S4/c1-3-30-27(36)25(40-29(30)37)28-31(15-24(33)34)26(35)23(39-28)14-16-7-12-22-20(13-16)19-5-4-6-21(19)32(22)17-8-10-18(38-2)11-9-17/h7-14,19,21H,3-6,15H2,1-2H3,(H,33,34)/b23-14+,28-25+. The van der Waals surface area contributed by atoms with Crippen molar-refractivity contribution in [2.45, 2.75) is 49.6 Å². The molecule has 3 aromatic rings. The Labute approximate surface area is 249 Å². The number of thiocarbonyl (C=S) groups is 1. The van der Waals surface area contributed by atoms with Crippen molar-refractivity contribution in [3.05, 3.63) is 73.1 Å². The number of rotatable bonds is 6. The van der Waals surface area contributed by atoms with Gasteiger partial charge in [-0.15, -0.1) is 23.1 Å². The van der Waals surface area contributed by atoms with Crippen LogP contribution < -0.4 is 19.7 Å². The fourth-order valence-corrected chi connectivity index (χ4v) is 9.01. The maximum absolute atomic E-state index is 13.4. The predicted octanol–water partition coefficient (Wildman–Crippen LogP) is 4.32. The van der Waals surface area contributed by atoms with Crippen molar-refractivity contribution < 1.29 is 14.7 Å². The van der Waals surface area contributed by atoms with E-state index in [9.17, 15) is 19.5 Å². The van der Waals surface area contributed by atoms with Crippen molar-refractivity contribution in [3.8, 4) is 0 Å². The molecule has 2 atom stereocenters. The van der Waals surface area contributed by atoms with Gasteiger partial charge in [-0.05, 0) is 79.6 Å². The van der Waals surface area contributed by atoms with Gasteiger partial charge in [0.15, 0.2) is 0 Å². The maximum Gasteiger partial charge on any atom is 0.323 e. The fraction of sp³-hybridized carbons (Fsp3) is 0.310. The number of aromatic nitrogens is 1. The number of aliphatic carboxylic acids is 1. The zero-order valence-corrected chi connectivity index (χ0v) is 25.2. The van der Waals surface area contributed by atoms with Crippen LogP contribution in [0.5, 0.6) is 0 Å². The molecule has 7 nitrogen and oxygen atoms in total. The first kappa shape index (κ1) is 27.3. The van der Waals surface area contributed by atoms with Gasteiger partial charge in [0.1, 0.15) is 20.4 Å². The molecule has 1 aromatic heterocycles. The van der Waals surface area contributed by atoms with Crippen LogP contribution in [0.2, 0.25) is 0 Å². The summed E-state index contributed by atoms with van der Waals surface area (Å²) in [5.74, 6) is -1.01. The van der Waals surface area contributed by atoms with Gasteiger partial charge in [-0.3, -0.25) is 23.9 Å². The number of benzene rings is 2. The highest BCUT2D eigenvalue weighted by molar-refractivity contribution is 8.30. The monoisotopic (exact) mass is 609 g/mol. The molecule has 1 saturated carbocycles. The van der Waals surface area contributed by atoms with Gasteiger partial charge in [0.2, 0.25) is 0 Å². The minimum atomic E-state index is -1.14. The Hall–Kier alpha value is -2.86. The van der Waals surface area contributed by atoms with Crippen LogP contribution >= 0.6 is 47.1 Å². The number of carbonyl (C=O) groups is 2. The van der Waals surface area contributed by atoms with E-state index >= 15 is 0 Å². The van der Waals surface area contributed by atoms with Gasteiger partial charge in [0.25, 0.3) is 11.5 Å². The molecule has 2 aromatic carbocycles. The average Bonchev–Trinajstić information content (AvgIpc) is 3.67. The SMILES string of the molecule is CCN1C(=O)/C(=c2\s/c(=C/c3ccc4c(c3)C3CCCC3N4c3ccc(SC)cc3)c(=O)n2CC(=O)O)SC1=S. The number of carboxylic acid groups (broad SMARTS) is 1. The summed E-state index contributed by atoms with van der Waals surface area (Å²) in [4.78, 5) is 43.5. The molecule has 1 amide bonds. The molecule has 1 N–H and O–H groups in total. The van der Waals surface area contributed by atoms with E-state index in [1.165, 1.54) is 37.7 Å². The van der Waals surface area contributed by atoms with Gasteiger partial charge in [-0.25, -0.2) is 0 Å². The molecule has 2 unspecified atom stereocenters. The van der Waals surface area contributed by atoms with E-state index in [2.05, 4.69) is 47.6 Å².